The summed E-state index contributed by atoms with van der Waals surface area (Å²) in [5.41, 5.74) is -0.729. The second-order valence-corrected chi connectivity index (χ2v) is 5.65. The number of rotatable bonds is 6. The summed E-state index contributed by atoms with van der Waals surface area (Å²) < 4.78 is 49.0. The van der Waals surface area contributed by atoms with Gasteiger partial charge >= 0.3 is 6.18 Å². The van der Waals surface area contributed by atoms with Gasteiger partial charge in [-0.3, -0.25) is 4.90 Å². The molecule has 0 bridgehead atoms. The van der Waals surface area contributed by atoms with Crippen LogP contribution >= 0.6 is 0 Å². The normalized spacial score (nSPS) is 21.2. The van der Waals surface area contributed by atoms with Gasteiger partial charge in [0.2, 0.25) is 0 Å². The summed E-state index contributed by atoms with van der Waals surface area (Å²) in [4.78, 5) is 2.08. The van der Waals surface area contributed by atoms with Gasteiger partial charge in [-0.05, 0) is 24.6 Å². The van der Waals surface area contributed by atoms with E-state index in [1.54, 1.807) is 0 Å². The topological polar surface area (TPSA) is 41.9 Å². The summed E-state index contributed by atoms with van der Waals surface area (Å²) >= 11 is 0. The molecule has 23 heavy (non-hydrogen) atoms. The van der Waals surface area contributed by atoms with Gasteiger partial charge in [0.05, 0.1) is 18.3 Å². The molecular weight excluding hydrogens is 311 g/mol. The number of morpholine rings is 1. The van der Waals surface area contributed by atoms with Crippen molar-refractivity contribution in [1.29, 1.82) is 0 Å². The third-order valence-corrected chi connectivity index (χ3v) is 3.76. The Morgan fingerprint density at radius 3 is 2.91 bits per heavy atom. The molecule has 1 aromatic rings. The number of alkyl halides is 3. The standard InChI is InChI=1S/C16H22F3NO3/c1-2-13(21)9-20-6-7-22-15(10-20)11-23-14-5-3-4-12(8-14)16(17,18)19/h3-5,8,13,15,21H,2,6-7,9-11H2,1H3/t13-,15+/m1/s1. The maximum atomic E-state index is 12.7. The lowest BCUT2D eigenvalue weighted by molar-refractivity contribution is -0.137. The first-order chi connectivity index (χ1) is 10.9. The minimum absolute atomic E-state index is 0.175. The molecule has 1 N–H and O–H groups in total. The van der Waals surface area contributed by atoms with E-state index in [1.807, 2.05) is 6.92 Å². The number of benzene rings is 1. The van der Waals surface area contributed by atoms with Crippen molar-refractivity contribution in [1.82, 2.24) is 4.90 Å². The number of aliphatic hydroxyl groups is 1. The molecule has 1 heterocycles. The molecule has 0 amide bonds. The molecule has 1 aromatic carbocycles. The highest BCUT2D eigenvalue weighted by atomic mass is 19.4. The Kier molecular flexibility index (Phi) is 6.26. The van der Waals surface area contributed by atoms with Crippen LogP contribution in [0.25, 0.3) is 0 Å². The largest absolute Gasteiger partial charge is 0.491 e. The summed E-state index contributed by atoms with van der Waals surface area (Å²) in [5, 5.41) is 9.69. The summed E-state index contributed by atoms with van der Waals surface area (Å²) in [6.45, 7) is 4.51. The van der Waals surface area contributed by atoms with E-state index >= 15 is 0 Å². The molecule has 0 spiro atoms. The Bertz CT molecular complexity index is 496. The predicted octanol–water partition coefficient (Wildman–Crippen LogP) is 2.56. The van der Waals surface area contributed by atoms with E-state index in [0.717, 1.165) is 18.7 Å². The molecule has 7 heteroatoms. The lowest BCUT2D eigenvalue weighted by atomic mass is 10.2. The van der Waals surface area contributed by atoms with Crippen LogP contribution < -0.4 is 4.74 Å². The van der Waals surface area contributed by atoms with Gasteiger partial charge in [0.15, 0.2) is 0 Å². The fourth-order valence-electron chi connectivity index (χ4n) is 2.43. The van der Waals surface area contributed by atoms with Crippen LogP contribution in [-0.2, 0) is 10.9 Å². The zero-order chi connectivity index (χ0) is 16.9. The zero-order valence-corrected chi connectivity index (χ0v) is 13.1. The minimum atomic E-state index is -4.38. The molecule has 1 fully saturated rings. The van der Waals surface area contributed by atoms with Crippen LogP contribution in [0.1, 0.15) is 18.9 Å². The minimum Gasteiger partial charge on any atom is -0.491 e. The molecule has 0 aromatic heterocycles. The Hall–Kier alpha value is -1.31. The molecule has 2 rings (SSSR count). The highest BCUT2D eigenvalue weighted by molar-refractivity contribution is 5.30. The molecule has 1 aliphatic rings. The second kappa shape index (κ2) is 7.99. The van der Waals surface area contributed by atoms with E-state index in [9.17, 15) is 18.3 Å². The van der Waals surface area contributed by atoms with E-state index in [2.05, 4.69) is 4.90 Å². The van der Waals surface area contributed by atoms with Gasteiger partial charge in [-0.1, -0.05) is 13.0 Å². The monoisotopic (exact) mass is 333 g/mol. The molecule has 0 radical (unpaired) electrons. The van der Waals surface area contributed by atoms with Crippen molar-refractivity contribution in [3.05, 3.63) is 29.8 Å². The van der Waals surface area contributed by atoms with Crippen molar-refractivity contribution in [2.75, 3.05) is 32.8 Å². The fourth-order valence-corrected chi connectivity index (χ4v) is 2.43. The fraction of sp³-hybridized carbons (Fsp3) is 0.625. The predicted molar refractivity (Wildman–Crippen MR) is 79.4 cm³/mol. The number of β-amino-alcohol motifs (C(OH)–C–C–N with tert-alkyl or cyclic N) is 1. The first-order valence-electron chi connectivity index (χ1n) is 7.70. The Labute approximate surface area is 133 Å². The molecule has 0 saturated carbocycles. The molecule has 0 aliphatic carbocycles. The van der Waals surface area contributed by atoms with Gasteiger partial charge in [-0.15, -0.1) is 0 Å². The number of aliphatic hydroxyl groups excluding tert-OH is 1. The second-order valence-electron chi connectivity index (χ2n) is 5.65. The number of ether oxygens (including phenoxy) is 2. The van der Waals surface area contributed by atoms with Crippen LogP contribution in [0.5, 0.6) is 5.75 Å². The highest BCUT2D eigenvalue weighted by Gasteiger charge is 2.30. The Morgan fingerprint density at radius 2 is 2.22 bits per heavy atom. The van der Waals surface area contributed by atoms with Gasteiger partial charge in [0, 0.05) is 19.6 Å². The zero-order valence-electron chi connectivity index (χ0n) is 13.1. The Morgan fingerprint density at radius 1 is 1.43 bits per heavy atom. The number of halogens is 3. The van der Waals surface area contributed by atoms with Crippen molar-refractivity contribution in [2.45, 2.75) is 31.7 Å². The third-order valence-electron chi connectivity index (χ3n) is 3.76. The average molecular weight is 333 g/mol. The van der Waals surface area contributed by atoms with E-state index in [4.69, 9.17) is 9.47 Å². The average Bonchev–Trinajstić information content (AvgIpc) is 2.52. The molecule has 1 aliphatic heterocycles. The van der Waals surface area contributed by atoms with Gasteiger partial charge in [-0.2, -0.15) is 13.2 Å². The number of nitrogens with zero attached hydrogens (tertiary/aromatic N) is 1. The molecule has 0 unspecified atom stereocenters. The van der Waals surface area contributed by atoms with Gasteiger partial charge in [0.1, 0.15) is 18.5 Å². The van der Waals surface area contributed by atoms with Crippen LogP contribution in [0.4, 0.5) is 13.2 Å². The highest BCUT2D eigenvalue weighted by Crippen LogP contribution is 2.31. The van der Waals surface area contributed by atoms with E-state index < -0.39 is 11.7 Å². The van der Waals surface area contributed by atoms with E-state index in [-0.39, 0.29) is 24.6 Å². The lowest BCUT2D eigenvalue weighted by Crippen LogP contribution is -2.47. The third kappa shape index (κ3) is 5.67. The van der Waals surface area contributed by atoms with Gasteiger partial charge in [0.25, 0.3) is 0 Å². The summed E-state index contributed by atoms with van der Waals surface area (Å²) in [5.74, 6) is 0.175. The first kappa shape index (κ1) is 18.0. The summed E-state index contributed by atoms with van der Waals surface area (Å²) in [6.07, 6.45) is -4.29. The van der Waals surface area contributed by atoms with Crippen LogP contribution in [0.2, 0.25) is 0 Å². The lowest BCUT2D eigenvalue weighted by Gasteiger charge is -2.33. The molecule has 2 atom stereocenters. The smallest absolute Gasteiger partial charge is 0.416 e. The molecule has 1 saturated heterocycles. The SMILES string of the molecule is CC[C@@H](O)CN1CCO[C@H](COc2cccc(C(F)(F)F)c2)C1. The first-order valence-corrected chi connectivity index (χ1v) is 7.70. The van der Waals surface area contributed by atoms with Crippen molar-refractivity contribution >= 4 is 0 Å². The van der Waals surface area contributed by atoms with Crippen molar-refractivity contribution in [2.24, 2.45) is 0 Å². The van der Waals surface area contributed by atoms with E-state index in [1.165, 1.54) is 12.1 Å². The van der Waals surface area contributed by atoms with Crippen molar-refractivity contribution in [3.63, 3.8) is 0 Å². The van der Waals surface area contributed by atoms with Crippen LogP contribution in [0, 0.1) is 0 Å². The van der Waals surface area contributed by atoms with Gasteiger partial charge < -0.3 is 14.6 Å². The molecular formula is C16H22F3NO3. The maximum absolute atomic E-state index is 12.7. The molecule has 4 nitrogen and oxygen atoms in total. The quantitative estimate of drug-likeness (QED) is 0.869. The number of hydrogen-bond acceptors (Lipinski definition) is 4. The van der Waals surface area contributed by atoms with E-state index in [0.29, 0.717) is 26.1 Å². The van der Waals surface area contributed by atoms with Crippen LogP contribution in [0.15, 0.2) is 24.3 Å². The van der Waals surface area contributed by atoms with Crippen LogP contribution in [-0.4, -0.2) is 55.1 Å². The van der Waals surface area contributed by atoms with Crippen molar-refractivity contribution < 1.29 is 27.8 Å². The Balaban J connectivity index is 1.86. The maximum Gasteiger partial charge on any atom is 0.416 e. The van der Waals surface area contributed by atoms with Gasteiger partial charge in [-0.25, -0.2) is 0 Å². The summed E-state index contributed by atoms with van der Waals surface area (Å²) in [6, 6.07) is 4.82. The van der Waals surface area contributed by atoms with Crippen LogP contribution in [0.3, 0.4) is 0 Å². The van der Waals surface area contributed by atoms with Crippen molar-refractivity contribution in [3.8, 4) is 5.75 Å². The summed E-state index contributed by atoms with van der Waals surface area (Å²) in [7, 11) is 0. The number of hydrogen-bond donors (Lipinski definition) is 1. The molecule has 130 valence electrons.